The van der Waals surface area contributed by atoms with E-state index < -0.39 is 0 Å². The summed E-state index contributed by atoms with van der Waals surface area (Å²) in [5, 5.41) is 3.27. The molecule has 0 bridgehead atoms. The number of fused-ring (bicyclic) bond motifs is 1. The van der Waals surface area contributed by atoms with Gasteiger partial charge in [-0.25, -0.2) is 4.98 Å². The molecule has 1 atom stereocenters. The number of nitrogens with one attached hydrogen (secondary N) is 1. The number of carbonyl (C=O) groups is 1. The molecule has 5 heteroatoms. The number of benzene rings is 1. The van der Waals surface area contributed by atoms with Crippen molar-refractivity contribution in [1.29, 1.82) is 0 Å². The SMILES string of the molecule is NC(=O)C(Cn1cnc2ccccc21)NC1CC1. The van der Waals surface area contributed by atoms with Gasteiger partial charge in [-0.3, -0.25) is 4.79 Å². The van der Waals surface area contributed by atoms with Crippen molar-refractivity contribution in [3.8, 4) is 0 Å². The van der Waals surface area contributed by atoms with Crippen LogP contribution in [0, 0.1) is 0 Å². The van der Waals surface area contributed by atoms with Gasteiger partial charge in [-0.05, 0) is 25.0 Å². The van der Waals surface area contributed by atoms with Gasteiger partial charge in [-0.15, -0.1) is 0 Å². The highest BCUT2D eigenvalue weighted by atomic mass is 16.1. The van der Waals surface area contributed by atoms with Crippen LogP contribution in [-0.4, -0.2) is 27.5 Å². The van der Waals surface area contributed by atoms with Crippen molar-refractivity contribution < 1.29 is 4.79 Å². The van der Waals surface area contributed by atoms with Crippen LogP contribution in [0.1, 0.15) is 12.8 Å². The van der Waals surface area contributed by atoms with E-state index in [1.54, 1.807) is 6.33 Å². The molecule has 1 aromatic heterocycles. The molecular formula is C13H16N4O. The van der Waals surface area contributed by atoms with Crippen molar-refractivity contribution in [2.75, 3.05) is 0 Å². The lowest BCUT2D eigenvalue weighted by Crippen LogP contribution is -2.45. The minimum Gasteiger partial charge on any atom is -0.368 e. The Balaban J connectivity index is 1.82. The first-order valence-corrected chi connectivity index (χ1v) is 6.19. The molecule has 18 heavy (non-hydrogen) atoms. The maximum Gasteiger partial charge on any atom is 0.236 e. The van der Waals surface area contributed by atoms with Crippen LogP contribution in [0.25, 0.3) is 11.0 Å². The molecule has 0 radical (unpaired) electrons. The van der Waals surface area contributed by atoms with E-state index >= 15 is 0 Å². The molecule has 1 fully saturated rings. The van der Waals surface area contributed by atoms with Crippen molar-refractivity contribution in [2.24, 2.45) is 5.73 Å². The van der Waals surface area contributed by atoms with Crippen LogP contribution in [-0.2, 0) is 11.3 Å². The number of rotatable bonds is 5. The molecule has 1 heterocycles. The fourth-order valence-electron chi connectivity index (χ4n) is 2.11. The van der Waals surface area contributed by atoms with Crippen molar-refractivity contribution in [1.82, 2.24) is 14.9 Å². The van der Waals surface area contributed by atoms with Crippen LogP contribution in [0.4, 0.5) is 0 Å². The monoisotopic (exact) mass is 244 g/mol. The molecule has 1 aliphatic rings. The summed E-state index contributed by atoms with van der Waals surface area (Å²) in [4.78, 5) is 15.8. The second-order valence-electron chi connectivity index (χ2n) is 4.78. The number of amides is 1. The number of imidazole rings is 1. The zero-order valence-corrected chi connectivity index (χ0v) is 10.0. The summed E-state index contributed by atoms with van der Waals surface area (Å²) in [6, 6.07) is 8.01. The maximum absolute atomic E-state index is 11.5. The molecule has 0 spiro atoms. The molecule has 0 saturated heterocycles. The summed E-state index contributed by atoms with van der Waals surface area (Å²) < 4.78 is 1.97. The molecular weight excluding hydrogens is 228 g/mol. The van der Waals surface area contributed by atoms with E-state index in [2.05, 4.69) is 10.3 Å². The molecule has 1 unspecified atom stereocenters. The van der Waals surface area contributed by atoms with Gasteiger partial charge < -0.3 is 15.6 Å². The summed E-state index contributed by atoms with van der Waals surface area (Å²) in [6.07, 6.45) is 4.03. The van der Waals surface area contributed by atoms with E-state index in [0.717, 1.165) is 23.9 Å². The molecule has 2 aromatic rings. The Bertz CT molecular complexity index is 573. The van der Waals surface area contributed by atoms with Crippen molar-refractivity contribution >= 4 is 16.9 Å². The largest absolute Gasteiger partial charge is 0.368 e. The Labute approximate surface area is 105 Å². The highest BCUT2D eigenvalue weighted by Crippen LogP contribution is 2.20. The number of carbonyl (C=O) groups excluding carboxylic acids is 1. The Kier molecular flexibility index (Phi) is 2.76. The van der Waals surface area contributed by atoms with Gasteiger partial charge in [-0.1, -0.05) is 12.1 Å². The Morgan fingerprint density at radius 2 is 2.28 bits per heavy atom. The number of nitrogens with zero attached hydrogens (tertiary/aromatic N) is 2. The summed E-state index contributed by atoms with van der Waals surface area (Å²) in [5.74, 6) is -0.306. The number of nitrogens with two attached hydrogens (primary N) is 1. The lowest BCUT2D eigenvalue weighted by molar-refractivity contribution is -0.120. The van der Waals surface area contributed by atoms with Crippen LogP contribution in [0.3, 0.4) is 0 Å². The third-order valence-electron chi connectivity index (χ3n) is 3.26. The molecule has 1 amide bonds. The van der Waals surface area contributed by atoms with Crippen LogP contribution < -0.4 is 11.1 Å². The summed E-state index contributed by atoms with van der Waals surface area (Å²) in [6.45, 7) is 0.534. The van der Waals surface area contributed by atoms with Crippen LogP contribution in [0.2, 0.25) is 0 Å². The van der Waals surface area contributed by atoms with Gasteiger partial charge >= 0.3 is 0 Å². The maximum atomic E-state index is 11.5. The smallest absolute Gasteiger partial charge is 0.236 e. The zero-order valence-electron chi connectivity index (χ0n) is 10.0. The molecule has 1 aromatic carbocycles. The number of hydrogen-bond donors (Lipinski definition) is 2. The molecule has 0 aliphatic heterocycles. The van der Waals surface area contributed by atoms with Crippen molar-refractivity contribution in [2.45, 2.75) is 31.5 Å². The molecule has 3 rings (SSSR count). The quantitative estimate of drug-likeness (QED) is 0.810. The van der Waals surface area contributed by atoms with E-state index in [-0.39, 0.29) is 11.9 Å². The summed E-state index contributed by atoms with van der Waals surface area (Å²) >= 11 is 0. The molecule has 94 valence electrons. The fraction of sp³-hybridized carbons (Fsp3) is 0.385. The summed E-state index contributed by atoms with van der Waals surface area (Å²) in [7, 11) is 0. The van der Waals surface area contributed by atoms with Gasteiger partial charge in [0, 0.05) is 12.6 Å². The van der Waals surface area contributed by atoms with Gasteiger partial charge in [-0.2, -0.15) is 0 Å². The van der Waals surface area contributed by atoms with Crippen molar-refractivity contribution in [3.05, 3.63) is 30.6 Å². The standard InChI is InChI=1S/C13H16N4O/c14-13(18)11(16-9-5-6-9)7-17-8-15-10-3-1-2-4-12(10)17/h1-4,8-9,11,16H,5-7H2,(H2,14,18). The van der Waals surface area contributed by atoms with Crippen LogP contribution >= 0.6 is 0 Å². The van der Waals surface area contributed by atoms with Gasteiger partial charge in [0.15, 0.2) is 0 Å². The van der Waals surface area contributed by atoms with E-state index in [1.807, 2.05) is 28.8 Å². The van der Waals surface area contributed by atoms with Gasteiger partial charge in [0.2, 0.25) is 5.91 Å². The van der Waals surface area contributed by atoms with Crippen molar-refractivity contribution in [3.63, 3.8) is 0 Å². The Morgan fingerprint density at radius 1 is 1.50 bits per heavy atom. The second kappa shape index (κ2) is 4.42. The minimum atomic E-state index is -0.324. The van der Waals surface area contributed by atoms with Crippen LogP contribution in [0.5, 0.6) is 0 Å². The first kappa shape index (κ1) is 11.2. The topological polar surface area (TPSA) is 72.9 Å². The van der Waals surface area contributed by atoms with Crippen LogP contribution in [0.15, 0.2) is 30.6 Å². The number of aromatic nitrogens is 2. The fourth-order valence-corrected chi connectivity index (χ4v) is 2.11. The molecule has 1 saturated carbocycles. The average Bonchev–Trinajstić information content (AvgIpc) is 3.09. The lowest BCUT2D eigenvalue weighted by Gasteiger charge is -2.16. The third kappa shape index (κ3) is 2.22. The predicted octanol–water partition coefficient (Wildman–Crippen LogP) is 0.642. The normalized spacial score (nSPS) is 16.9. The van der Waals surface area contributed by atoms with Gasteiger partial charge in [0.25, 0.3) is 0 Å². The predicted molar refractivity (Wildman–Crippen MR) is 68.9 cm³/mol. The highest BCUT2D eigenvalue weighted by Gasteiger charge is 2.27. The number of primary amides is 1. The number of para-hydroxylation sites is 2. The zero-order chi connectivity index (χ0) is 12.5. The third-order valence-corrected chi connectivity index (χ3v) is 3.26. The van der Waals surface area contributed by atoms with E-state index in [9.17, 15) is 4.79 Å². The second-order valence-corrected chi connectivity index (χ2v) is 4.78. The van der Waals surface area contributed by atoms with Gasteiger partial charge in [0.1, 0.15) is 6.04 Å². The number of hydrogen-bond acceptors (Lipinski definition) is 3. The van der Waals surface area contributed by atoms with E-state index in [0.29, 0.717) is 12.6 Å². The van der Waals surface area contributed by atoms with E-state index in [4.69, 9.17) is 5.73 Å². The minimum absolute atomic E-state index is 0.306. The first-order chi connectivity index (χ1) is 8.74. The lowest BCUT2D eigenvalue weighted by atomic mass is 10.2. The first-order valence-electron chi connectivity index (χ1n) is 6.19. The Hall–Kier alpha value is -1.88. The molecule has 3 N–H and O–H groups in total. The Morgan fingerprint density at radius 3 is 3.00 bits per heavy atom. The molecule has 1 aliphatic carbocycles. The average molecular weight is 244 g/mol. The molecule has 5 nitrogen and oxygen atoms in total. The van der Waals surface area contributed by atoms with Gasteiger partial charge in [0.05, 0.1) is 17.4 Å². The summed E-state index contributed by atoms with van der Waals surface area (Å²) in [5.41, 5.74) is 7.40. The van der Waals surface area contributed by atoms with E-state index in [1.165, 1.54) is 0 Å². The highest BCUT2D eigenvalue weighted by molar-refractivity contribution is 5.80.